The van der Waals surface area contributed by atoms with Crippen molar-refractivity contribution in [2.45, 2.75) is 33.6 Å². The van der Waals surface area contributed by atoms with Gasteiger partial charge in [0.2, 0.25) is 11.8 Å². The lowest BCUT2D eigenvalue weighted by Gasteiger charge is -2.26. The Bertz CT molecular complexity index is 298. The minimum absolute atomic E-state index is 0.0771. The third-order valence-electron chi connectivity index (χ3n) is 2.93. The second-order valence-electron chi connectivity index (χ2n) is 3.98. The number of carboxylic acids is 1. The maximum atomic E-state index is 11.3. The predicted molar refractivity (Wildman–Crippen MR) is 62.3 cm³/mol. The minimum atomic E-state index is -0.925. The molecule has 0 saturated heterocycles. The summed E-state index contributed by atoms with van der Waals surface area (Å²) in [5.74, 6) is -1.59. The number of carbonyl (C=O) groups excluding carboxylic acids is 2. The van der Waals surface area contributed by atoms with Crippen molar-refractivity contribution in [1.29, 1.82) is 0 Å². The van der Waals surface area contributed by atoms with Gasteiger partial charge in [-0.25, -0.2) is 0 Å². The summed E-state index contributed by atoms with van der Waals surface area (Å²) in [6.45, 7) is 4.81. The Morgan fingerprint density at radius 1 is 1.12 bits per heavy atom. The molecule has 0 aromatic rings. The van der Waals surface area contributed by atoms with Crippen LogP contribution in [0.5, 0.6) is 0 Å². The van der Waals surface area contributed by atoms with E-state index in [9.17, 15) is 14.4 Å². The summed E-state index contributed by atoms with van der Waals surface area (Å²) >= 11 is 0. The van der Waals surface area contributed by atoms with Crippen LogP contribution in [0.4, 0.5) is 0 Å². The van der Waals surface area contributed by atoms with Crippen LogP contribution in [0, 0.1) is 5.41 Å². The average molecular weight is 244 g/mol. The highest BCUT2D eigenvalue weighted by atomic mass is 16.4. The van der Waals surface area contributed by atoms with Gasteiger partial charge in [0.15, 0.2) is 0 Å². The molecule has 0 aromatic heterocycles. The molecule has 0 saturated carbocycles. The summed E-state index contributed by atoms with van der Waals surface area (Å²) < 4.78 is 0. The number of nitrogens with one attached hydrogen (secondary N) is 2. The van der Waals surface area contributed by atoms with E-state index in [1.807, 2.05) is 0 Å². The maximum absolute atomic E-state index is 11.3. The molecular weight excluding hydrogens is 224 g/mol. The topological polar surface area (TPSA) is 95.5 Å². The Hall–Kier alpha value is -1.59. The zero-order chi connectivity index (χ0) is 13.5. The van der Waals surface area contributed by atoms with Gasteiger partial charge in [-0.05, 0) is 12.8 Å². The number of aliphatic carboxylic acids is 1. The molecule has 0 aliphatic heterocycles. The average Bonchev–Trinajstić information content (AvgIpc) is 2.28. The van der Waals surface area contributed by atoms with Gasteiger partial charge in [0.25, 0.3) is 0 Å². The van der Waals surface area contributed by atoms with Gasteiger partial charge >= 0.3 is 5.97 Å². The lowest BCUT2D eigenvalue weighted by atomic mass is 9.82. The first kappa shape index (κ1) is 15.4. The molecule has 0 spiro atoms. The second kappa shape index (κ2) is 6.88. The molecule has 0 fully saturated rings. The number of carbonyl (C=O) groups is 3. The monoisotopic (exact) mass is 244 g/mol. The molecule has 0 aromatic carbocycles. The summed E-state index contributed by atoms with van der Waals surface area (Å²) in [6, 6.07) is 0. The largest absolute Gasteiger partial charge is 0.481 e. The van der Waals surface area contributed by atoms with Gasteiger partial charge in [-0.2, -0.15) is 0 Å². The van der Waals surface area contributed by atoms with E-state index < -0.39 is 11.4 Å². The van der Waals surface area contributed by atoms with E-state index in [0.717, 1.165) is 0 Å². The number of carboxylic acid groups (broad SMARTS) is 1. The lowest BCUT2D eigenvalue weighted by Crippen LogP contribution is -2.45. The first-order valence-corrected chi connectivity index (χ1v) is 5.62. The lowest BCUT2D eigenvalue weighted by molar-refractivity contribution is -0.149. The number of hydrogen-bond acceptors (Lipinski definition) is 3. The fraction of sp³-hybridized carbons (Fsp3) is 0.727. The molecule has 0 aliphatic carbocycles. The molecule has 0 bridgehead atoms. The summed E-state index contributed by atoms with van der Waals surface area (Å²) in [6.07, 6.45) is 0.887. The van der Waals surface area contributed by atoms with Crippen molar-refractivity contribution < 1.29 is 19.5 Å². The van der Waals surface area contributed by atoms with Crippen molar-refractivity contribution in [3.8, 4) is 0 Å². The molecule has 0 unspecified atom stereocenters. The van der Waals surface area contributed by atoms with Gasteiger partial charge in [0, 0.05) is 13.5 Å². The van der Waals surface area contributed by atoms with Crippen LogP contribution in [-0.2, 0) is 14.4 Å². The third-order valence-corrected chi connectivity index (χ3v) is 2.93. The SMILES string of the molecule is CCC(CC)(CNC(=O)CNC(C)=O)C(=O)O. The van der Waals surface area contributed by atoms with Crippen molar-refractivity contribution >= 4 is 17.8 Å². The molecular formula is C11H20N2O4. The smallest absolute Gasteiger partial charge is 0.311 e. The van der Waals surface area contributed by atoms with Gasteiger partial charge in [-0.15, -0.1) is 0 Å². The summed E-state index contributed by atoms with van der Waals surface area (Å²) in [5.41, 5.74) is -0.925. The van der Waals surface area contributed by atoms with E-state index in [-0.39, 0.29) is 24.9 Å². The van der Waals surface area contributed by atoms with Gasteiger partial charge < -0.3 is 15.7 Å². The van der Waals surface area contributed by atoms with Crippen molar-refractivity contribution in [1.82, 2.24) is 10.6 Å². The van der Waals surface area contributed by atoms with Crippen LogP contribution in [0.2, 0.25) is 0 Å². The van der Waals surface area contributed by atoms with Crippen LogP contribution in [0.15, 0.2) is 0 Å². The zero-order valence-corrected chi connectivity index (χ0v) is 10.5. The van der Waals surface area contributed by atoms with Gasteiger partial charge in [-0.1, -0.05) is 13.8 Å². The summed E-state index contributed by atoms with van der Waals surface area (Å²) in [7, 11) is 0. The number of rotatable bonds is 7. The standard InChI is InChI=1S/C11H20N2O4/c1-4-11(5-2,10(16)17)7-13-9(15)6-12-8(3)14/h4-7H2,1-3H3,(H,12,14)(H,13,15)(H,16,17). The van der Waals surface area contributed by atoms with Gasteiger partial charge in [-0.3, -0.25) is 14.4 Å². The molecule has 0 rings (SSSR count). The van der Waals surface area contributed by atoms with E-state index >= 15 is 0 Å². The molecule has 0 aliphatic rings. The van der Waals surface area contributed by atoms with Crippen LogP contribution in [0.1, 0.15) is 33.6 Å². The third kappa shape index (κ3) is 4.84. The van der Waals surface area contributed by atoms with E-state index in [2.05, 4.69) is 10.6 Å². The van der Waals surface area contributed by atoms with Crippen molar-refractivity contribution in [3.63, 3.8) is 0 Å². The molecule has 6 heteroatoms. The Labute approximate surface area is 101 Å². The molecule has 3 N–H and O–H groups in total. The highest BCUT2D eigenvalue weighted by Gasteiger charge is 2.34. The minimum Gasteiger partial charge on any atom is -0.481 e. The molecule has 2 amide bonds. The van der Waals surface area contributed by atoms with Crippen LogP contribution < -0.4 is 10.6 Å². The Morgan fingerprint density at radius 2 is 1.65 bits per heavy atom. The van der Waals surface area contributed by atoms with Gasteiger partial charge in [0.05, 0.1) is 12.0 Å². The number of hydrogen-bond donors (Lipinski definition) is 3. The van der Waals surface area contributed by atoms with E-state index in [0.29, 0.717) is 12.8 Å². The molecule has 0 atom stereocenters. The van der Waals surface area contributed by atoms with Crippen molar-refractivity contribution in [2.75, 3.05) is 13.1 Å². The van der Waals surface area contributed by atoms with Gasteiger partial charge in [0.1, 0.15) is 0 Å². The zero-order valence-electron chi connectivity index (χ0n) is 10.5. The van der Waals surface area contributed by atoms with Crippen LogP contribution in [0.25, 0.3) is 0 Å². The highest BCUT2D eigenvalue weighted by molar-refractivity contribution is 5.84. The first-order valence-electron chi connectivity index (χ1n) is 5.62. The normalized spacial score (nSPS) is 10.8. The molecule has 17 heavy (non-hydrogen) atoms. The summed E-state index contributed by atoms with van der Waals surface area (Å²) in [4.78, 5) is 33.1. The molecule has 0 radical (unpaired) electrons. The predicted octanol–water partition coefficient (Wildman–Crippen LogP) is 0.130. The quantitative estimate of drug-likeness (QED) is 0.593. The van der Waals surface area contributed by atoms with Crippen LogP contribution >= 0.6 is 0 Å². The highest BCUT2D eigenvalue weighted by Crippen LogP contribution is 2.25. The van der Waals surface area contributed by atoms with E-state index in [1.54, 1.807) is 13.8 Å². The Morgan fingerprint density at radius 3 is 2.00 bits per heavy atom. The Kier molecular flexibility index (Phi) is 6.23. The van der Waals surface area contributed by atoms with Crippen LogP contribution in [0.3, 0.4) is 0 Å². The summed E-state index contributed by atoms with van der Waals surface area (Å²) in [5, 5.41) is 14.0. The van der Waals surface area contributed by atoms with Crippen LogP contribution in [-0.4, -0.2) is 36.0 Å². The molecule has 98 valence electrons. The fourth-order valence-electron chi connectivity index (χ4n) is 1.41. The first-order chi connectivity index (χ1) is 7.88. The fourth-order valence-corrected chi connectivity index (χ4v) is 1.41. The van der Waals surface area contributed by atoms with Crippen molar-refractivity contribution in [3.05, 3.63) is 0 Å². The van der Waals surface area contributed by atoms with E-state index in [4.69, 9.17) is 5.11 Å². The second-order valence-corrected chi connectivity index (χ2v) is 3.98. The Balaban J connectivity index is 4.27. The maximum Gasteiger partial charge on any atom is 0.311 e. The van der Waals surface area contributed by atoms with Crippen molar-refractivity contribution in [2.24, 2.45) is 5.41 Å². The molecule has 0 heterocycles. The number of amides is 2. The molecule has 6 nitrogen and oxygen atoms in total. The van der Waals surface area contributed by atoms with E-state index in [1.165, 1.54) is 6.92 Å².